The Balaban J connectivity index is 1.76. The number of nitro benzene ring substituents is 1. The van der Waals surface area contributed by atoms with Crippen LogP contribution >= 0.6 is 0 Å². The lowest BCUT2D eigenvalue weighted by Gasteiger charge is -2.06. The molecule has 0 saturated heterocycles. The molecular formula is C15H11N3O4. The number of rotatable bonds is 3. The second kappa shape index (κ2) is 5.28. The van der Waals surface area contributed by atoms with Crippen molar-refractivity contribution in [2.24, 2.45) is 0 Å². The molecule has 22 heavy (non-hydrogen) atoms. The number of carbonyl (C=O) groups excluding carboxylic acids is 2. The van der Waals surface area contributed by atoms with E-state index in [0.717, 1.165) is 11.3 Å². The minimum atomic E-state index is -0.504. The van der Waals surface area contributed by atoms with Gasteiger partial charge in [0.25, 0.3) is 11.6 Å². The Morgan fingerprint density at radius 2 is 1.91 bits per heavy atom. The molecule has 0 aromatic heterocycles. The monoisotopic (exact) mass is 297 g/mol. The lowest BCUT2D eigenvalue weighted by Crippen LogP contribution is -2.12. The molecule has 7 heteroatoms. The lowest BCUT2D eigenvalue weighted by atomic mass is 10.1. The molecule has 110 valence electrons. The number of anilines is 2. The van der Waals surface area contributed by atoms with Gasteiger partial charge < -0.3 is 10.6 Å². The number of hydrogen-bond donors (Lipinski definition) is 2. The number of carbonyl (C=O) groups is 2. The topological polar surface area (TPSA) is 101 Å². The van der Waals surface area contributed by atoms with Crippen LogP contribution in [0.1, 0.15) is 15.9 Å². The average Bonchev–Trinajstić information content (AvgIpc) is 2.86. The number of nitrogens with one attached hydrogen (secondary N) is 2. The minimum Gasteiger partial charge on any atom is -0.326 e. The fourth-order valence-electron chi connectivity index (χ4n) is 2.24. The third-order valence-corrected chi connectivity index (χ3v) is 3.33. The van der Waals surface area contributed by atoms with Gasteiger partial charge in [0.1, 0.15) is 0 Å². The quantitative estimate of drug-likeness (QED) is 0.670. The van der Waals surface area contributed by atoms with Gasteiger partial charge in [-0.1, -0.05) is 0 Å². The number of amides is 2. The first-order valence-electron chi connectivity index (χ1n) is 6.51. The van der Waals surface area contributed by atoms with Gasteiger partial charge in [-0.05, 0) is 35.9 Å². The SMILES string of the molecule is O=C1Cc2cc(C(=O)Nc3ccc([N+](=O)[O-])cc3)ccc2N1. The van der Waals surface area contributed by atoms with Crippen molar-refractivity contribution in [3.8, 4) is 0 Å². The summed E-state index contributed by atoms with van der Waals surface area (Å²) < 4.78 is 0. The first-order chi connectivity index (χ1) is 10.5. The molecule has 3 rings (SSSR count). The van der Waals surface area contributed by atoms with Crippen molar-refractivity contribution < 1.29 is 14.5 Å². The summed E-state index contributed by atoms with van der Waals surface area (Å²) in [5, 5.41) is 15.9. The Kier molecular flexibility index (Phi) is 3.30. The summed E-state index contributed by atoms with van der Waals surface area (Å²) in [7, 11) is 0. The summed E-state index contributed by atoms with van der Waals surface area (Å²) in [4.78, 5) is 33.5. The zero-order valence-corrected chi connectivity index (χ0v) is 11.3. The molecule has 0 aliphatic carbocycles. The van der Waals surface area contributed by atoms with Gasteiger partial charge in [0.05, 0.1) is 11.3 Å². The van der Waals surface area contributed by atoms with E-state index in [4.69, 9.17) is 0 Å². The van der Waals surface area contributed by atoms with E-state index in [2.05, 4.69) is 10.6 Å². The molecule has 7 nitrogen and oxygen atoms in total. The fraction of sp³-hybridized carbons (Fsp3) is 0.0667. The molecule has 2 aromatic carbocycles. The molecule has 1 aliphatic heterocycles. The molecule has 2 N–H and O–H groups in total. The average molecular weight is 297 g/mol. The Bertz CT molecular complexity index is 784. The first kappa shape index (κ1) is 13.7. The highest BCUT2D eigenvalue weighted by molar-refractivity contribution is 6.06. The number of nitro groups is 1. The van der Waals surface area contributed by atoms with Gasteiger partial charge in [-0.25, -0.2) is 0 Å². The number of non-ortho nitro benzene ring substituents is 1. The van der Waals surface area contributed by atoms with Crippen molar-refractivity contribution >= 4 is 28.9 Å². The smallest absolute Gasteiger partial charge is 0.269 e. The van der Waals surface area contributed by atoms with Crippen molar-refractivity contribution in [1.29, 1.82) is 0 Å². The summed E-state index contributed by atoms with van der Waals surface area (Å²) in [5.74, 6) is -0.432. The van der Waals surface area contributed by atoms with Crippen LogP contribution in [-0.2, 0) is 11.2 Å². The maximum atomic E-state index is 12.2. The second-order valence-corrected chi connectivity index (χ2v) is 4.85. The van der Waals surface area contributed by atoms with Crippen molar-refractivity contribution in [3.63, 3.8) is 0 Å². The molecule has 0 radical (unpaired) electrons. The van der Waals surface area contributed by atoms with Gasteiger partial charge in [0, 0.05) is 29.1 Å². The van der Waals surface area contributed by atoms with Crippen molar-refractivity contribution in [1.82, 2.24) is 0 Å². The summed E-state index contributed by atoms with van der Waals surface area (Å²) in [6.07, 6.45) is 0.258. The van der Waals surface area contributed by atoms with Gasteiger partial charge in [0.15, 0.2) is 0 Å². The zero-order chi connectivity index (χ0) is 15.7. The van der Waals surface area contributed by atoms with Crippen molar-refractivity contribution in [3.05, 3.63) is 63.7 Å². The second-order valence-electron chi connectivity index (χ2n) is 4.85. The summed E-state index contributed by atoms with van der Waals surface area (Å²) in [5.41, 5.74) is 2.34. The highest BCUT2D eigenvalue weighted by Crippen LogP contribution is 2.24. The summed E-state index contributed by atoms with van der Waals surface area (Å²) >= 11 is 0. The van der Waals surface area contributed by atoms with Crippen LogP contribution in [0.2, 0.25) is 0 Å². The largest absolute Gasteiger partial charge is 0.326 e. The van der Waals surface area contributed by atoms with Gasteiger partial charge >= 0.3 is 0 Å². The van der Waals surface area contributed by atoms with Crippen LogP contribution in [0, 0.1) is 10.1 Å². The van der Waals surface area contributed by atoms with Gasteiger partial charge in [-0.2, -0.15) is 0 Å². The van der Waals surface area contributed by atoms with E-state index in [9.17, 15) is 19.7 Å². The van der Waals surface area contributed by atoms with Crippen LogP contribution < -0.4 is 10.6 Å². The highest BCUT2D eigenvalue weighted by Gasteiger charge is 2.19. The van der Waals surface area contributed by atoms with Crippen LogP contribution in [0.25, 0.3) is 0 Å². The predicted octanol–water partition coefficient (Wildman–Crippen LogP) is 2.34. The van der Waals surface area contributed by atoms with Crippen molar-refractivity contribution in [2.75, 3.05) is 10.6 Å². The lowest BCUT2D eigenvalue weighted by molar-refractivity contribution is -0.384. The zero-order valence-electron chi connectivity index (χ0n) is 11.3. The molecule has 0 spiro atoms. The molecular weight excluding hydrogens is 286 g/mol. The van der Waals surface area contributed by atoms with E-state index in [1.807, 2.05) is 0 Å². The van der Waals surface area contributed by atoms with Gasteiger partial charge in [-0.3, -0.25) is 19.7 Å². The van der Waals surface area contributed by atoms with E-state index < -0.39 is 4.92 Å². The minimum absolute atomic E-state index is 0.0416. The number of benzene rings is 2. The van der Waals surface area contributed by atoms with Crippen molar-refractivity contribution in [2.45, 2.75) is 6.42 Å². The third kappa shape index (κ3) is 2.64. The molecule has 1 aliphatic rings. The first-order valence-corrected chi connectivity index (χ1v) is 6.51. The molecule has 0 saturated carbocycles. The molecule has 0 fully saturated rings. The van der Waals surface area contributed by atoms with Crippen LogP contribution in [-0.4, -0.2) is 16.7 Å². The molecule has 1 heterocycles. The Morgan fingerprint density at radius 3 is 2.59 bits per heavy atom. The fourth-order valence-corrected chi connectivity index (χ4v) is 2.24. The number of hydrogen-bond acceptors (Lipinski definition) is 4. The molecule has 0 bridgehead atoms. The van der Waals surface area contributed by atoms with E-state index in [-0.39, 0.29) is 23.9 Å². The van der Waals surface area contributed by atoms with E-state index in [0.29, 0.717) is 11.3 Å². The van der Waals surface area contributed by atoms with Gasteiger partial charge in [-0.15, -0.1) is 0 Å². The molecule has 0 atom stereocenters. The van der Waals surface area contributed by atoms with Gasteiger partial charge in [0.2, 0.25) is 5.91 Å². The van der Waals surface area contributed by atoms with E-state index in [1.165, 1.54) is 24.3 Å². The third-order valence-electron chi connectivity index (χ3n) is 3.33. The normalized spacial score (nSPS) is 12.5. The Hall–Kier alpha value is -3.22. The maximum absolute atomic E-state index is 12.2. The van der Waals surface area contributed by atoms with Crippen LogP contribution in [0.15, 0.2) is 42.5 Å². The standard InChI is InChI=1S/C15H11N3O4/c19-14-8-10-7-9(1-6-13(10)17-14)15(20)16-11-2-4-12(5-3-11)18(21)22/h1-7H,8H2,(H,16,20)(H,17,19). The molecule has 2 aromatic rings. The van der Waals surface area contributed by atoms with Crippen LogP contribution in [0.4, 0.5) is 17.1 Å². The summed E-state index contributed by atoms with van der Waals surface area (Å²) in [6.45, 7) is 0. The number of fused-ring (bicyclic) bond motifs is 1. The Morgan fingerprint density at radius 1 is 1.18 bits per heavy atom. The number of nitrogens with zero attached hydrogens (tertiary/aromatic N) is 1. The molecule has 2 amide bonds. The van der Waals surface area contributed by atoms with Crippen LogP contribution in [0.5, 0.6) is 0 Å². The summed E-state index contributed by atoms with van der Waals surface area (Å²) in [6, 6.07) is 10.5. The highest BCUT2D eigenvalue weighted by atomic mass is 16.6. The Labute approximate surface area is 125 Å². The molecule has 0 unspecified atom stereocenters. The van der Waals surface area contributed by atoms with E-state index >= 15 is 0 Å². The maximum Gasteiger partial charge on any atom is 0.269 e. The van der Waals surface area contributed by atoms with Crippen LogP contribution in [0.3, 0.4) is 0 Å². The predicted molar refractivity (Wildman–Crippen MR) is 79.8 cm³/mol. The van der Waals surface area contributed by atoms with E-state index in [1.54, 1.807) is 18.2 Å².